The van der Waals surface area contributed by atoms with Crippen LogP contribution in [0.15, 0.2) is 48.8 Å². The largest absolute Gasteiger partial charge is 0.255 e. The number of aryl methyl sites for hydroxylation is 4. The molecule has 0 saturated carbocycles. The van der Waals surface area contributed by atoms with Crippen molar-refractivity contribution in [3.05, 3.63) is 93.3 Å². The first-order valence-corrected chi connectivity index (χ1v) is 11.1. The summed E-state index contributed by atoms with van der Waals surface area (Å²) in [4.78, 5) is 5.01. The average Bonchev–Trinajstić information content (AvgIpc) is 3.29. The minimum absolute atomic E-state index is 0.963. The number of hydrogen-bond donors (Lipinski definition) is 0. The topological polar surface area (TPSA) is 16.8 Å². The summed E-state index contributed by atoms with van der Waals surface area (Å²) >= 11 is 0. The standard InChI is InChI=1S/C29H27N2/c1-16-6-7-20-13-24-25-14-26-21(28(25)30-15-27(24)23(20)11-16)8-9-31(5)29(26)22-12-17(2)10-18(3)19(22)4/h6-12,15H,13-14H2,1-5H3/q+1. The van der Waals surface area contributed by atoms with Gasteiger partial charge in [0.05, 0.1) is 5.69 Å². The van der Waals surface area contributed by atoms with Crippen molar-refractivity contribution in [3.63, 3.8) is 0 Å². The molecule has 0 bridgehead atoms. The van der Waals surface area contributed by atoms with E-state index in [0.29, 0.717) is 0 Å². The Morgan fingerprint density at radius 1 is 0.742 bits per heavy atom. The van der Waals surface area contributed by atoms with Gasteiger partial charge in [0.15, 0.2) is 6.20 Å². The van der Waals surface area contributed by atoms with Gasteiger partial charge in [-0.05, 0) is 73.6 Å². The van der Waals surface area contributed by atoms with Gasteiger partial charge < -0.3 is 0 Å². The Balaban J connectivity index is 1.56. The fourth-order valence-electron chi connectivity index (χ4n) is 5.65. The molecule has 2 aromatic carbocycles. The SMILES string of the molecule is Cc1ccc2c(c1)-c1cnc3c(c1C2)Cc1c-3cc[n+](C)c1-c1cc(C)cc(C)c1C. The Morgan fingerprint density at radius 2 is 1.55 bits per heavy atom. The maximum absolute atomic E-state index is 5.01. The molecule has 0 spiro atoms. The van der Waals surface area contributed by atoms with Crippen LogP contribution in [0.25, 0.3) is 33.6 Å². The van der Waals surface area contributed by atoms with Crippen molar-refractivity contribution in [2.24, 2.45) is 7.05 Å². The summed E-state index contributed by atoms with van der Waals surface area (Å²) in [5.74, 6) is 0. The minimum atomic E-state index is 0.963. The van der Waals surface area contributed by atoms with Gasteiger partial charge in [-0.15, -0.1) is 0 Å². The van der Waals surface area contributed by atoms with E-state index in [9.17, 15) is 0 Å². The van der Waals surface area contributed by atoms with Crippen molar-refractivity contribution < 1.29 is 4.57 Å². The van der Waals surface area contributed by atoms with Crippen LogP contribution in [0, 0.1) is 27.7 Å². The Bertz CT molecular complexity index is 1430. The van der Waals surface area contributed by atoms with Crippen LogP contribution in [0.3, 0.4) is 0 Å². The summed E-state index contributed by atoms with van der Waals surface area (Å²) in [5.41, 5.74) is 19.0. The lowest BCUT2D eigenvalue weighted by Crippen LogP contribution is -2.32. The quantitative estimate of drug-likeness (QED) is 0.310. The van der Waals surface area contributed by atoms with Gasteiger partial charge in [0.1, 0.15) is 7.05 Å². The fraction of sp³-hybridized carbons (Fsp3) is 0.241. The van der Waals surface area contributed by atoms with Crippen LogP contribution in [-0.2, 0) is 19.9 Å². The van der Waals surface area contributed by atoms with Gasteiger partial charge in [-0.3, -0.25) is 4.98 Å². The van der Waals surface area contributed by atoms with Crippen LogP contribution >= 0.6 is 0 Å². The normalized spacial score (nSPS) is 13.1. The van der Waals surface area contributed by atoms with Crippen LogP contribution < -0.4 is 4.57 Å². The second-order valence-electron chi connectivity index (χ2n) is 9.41. The molecule has 0 N–H and O–H groups in total. The third-order valence-corrected chi connectivity index (χ3v) is 7.32. The maximum atomic E-state index is 5.01. The Hall–Kier alpha value is -3.26. The van der Waals surface area contributed by atoms with Crippen LogP contribution in [-0.4, -0.2) is 4.98 Å². The Morgan fingerprint density at radius 3 is 2.39 bits per heavy atom. The molecule has 2 aromatic heterocycles. The lowest BCUT2D eigenvalue weighted by atomic mass is 9.93. The summed E-state index contributed by atoms with van der Waals surface area (Å²) in [7, 11) is 2.17. The summed E-state index contributed by atoms with van der Waals surface area (Å²) in [5, 5.41) is 0. The van der Waals surface area contributed by atoms with Crippen molar-refractivity contribution in [1.29, 1.82) is 0 Å². The third-order valence-electron chi connectivity index (χ3n) is 7.32. The predicted octanol–water partition coefficient (Wildman–Crippen LogP) is 5.95. The lowest BCUT2D eigenvalue weighted by molar-refractivity contribution is -0.660. The summed E-state index contributed by atoms with van der Waals surface area (Å²) in [6.07, 6.45) is 6.30. The number of nitrogens with zero attached hydrogens (tertiary/aromatic N) is 2. The second kappa shape index (κ2) is 6.37. The molecule has 6 rings (SSSR count). The molecule has 0 fully saturated rings. The third kappa shape index (κ3) is 2.57. The number of pyridine rings is 2. The highest BCUT2D eigenvalue weighted by molar-refractivity contribution is 5.87. The van der Waals surface area contributed by atoms with E-state index < -0.39 is 0 Å². The van der Waals surface area contributed by atoms with Crippen molar-refractivity contribution >= 4 is 0 Å². The fourth-order valence-corrected chi connectivity index (χ4v) is 5.65. The molecule has 2 aliphatic rings. The molecule has 0 unspecified atom stereocenters. The van der Waals surface area contributed by atoms with E-state index in [2.05, 4.69) is 88.1 Å². The van der Waals surface area contributed by atoms with E-state index in [1.54, 1.807) is 0 Å². The average molecular weight is 404 g/mol. The van der Waals surface area contributed by atoms with Crippen molar-refractivity contribution in [3.8, 4) is 33.6 Å². The monoisotopic (exact) mass is 403 g/mol. The molecule has 0 radical (unpaired) electrons. The van der Waals surface area contributed by atoms with Gasteiger partial charge in [-0.2, -0.15) is 0 Å². The van der Waals surface area contributed by atoms with Gasteiger partial charge in [0.25, 0.3) is 0 Å². The number of fused-ring (bicyclic) bond motifs is 7. The van der Waals surface area contributed by atoms with Gasteiger partial charge in [-0.1, -0.05) is 35.4 Å². The van der Waals surface area contributed by atoms with Gasteiger partial charge >= 0.3 is 0 Å². The molecule has 2 aliphatic carbocycles. The molecule has 4 aromatic rings. The first-order chi connectivity index (χ1) is 14.9. The zero-order valence-electron chi connectivity index (χ0n) is 18.9. The van der Waals surface area contributed by atoms with Gasteiger partial charge in [0.2, 0.25) is 5.69 Å². The molecule has 31 heavy (non-hydrogen) atoms. The highest BCUT2D eigenvalue weighted by atomic mass is 14.9. The molecule has 2 nitrogen and oxygen atoms in total. The zero-order chi connectivity index (χ0) is 21.4. The molecule has 0 amide bonds. The molecule has 2 heteroatoms. The van der Waals surface area contributed by atoms with Crippen LogP contribution in [0.4, 0.5) is 0 Å². The van der Waals surface area contributed by atoms with E-state index in [0.717, 1.165) is 12.8 Å². The Labute approximate surface area is 184 Å². The first kappa shape index (κ1) is 18.5. The molecule has 0 aliphatic heterocycles. The smallest absolute Gasteiger partial charge is 0.216 e. The zero-order valence-corrected chi connectivity index (χ0v) is 18.9. The molecular weight excluding hydrogens is 376 g/mol. The Kier molecular flexibility index (Phi) is 3.80. The molecule has 0 atom stereocenters. The van der Waals surface area contributed by atoms with Gasteiger partial charge in [-0.25, -0.2) is 4.57 Å². The van der Waals surface area contributed by atoms with E-state index in [4.69, 9.17) is 4.98 Å². The molecular formula is C29H27N2+. The minimum Gasteiger partial charge on any atom is -0.255 e. The highest BCUT2D eigenvalue weighted by Gasteiger charge is 2.34. The van der Waals surface area contributed by atoms with E-state index in [1.165, 1.54) is 78.1 Å². The number of aromatic nitrogens is 2. The molecule has 2 heterocycles. The summed E-state index contributed by atoms with van der Waals surface area (Å²) in [6.45, 7) is 8.84. The van der Waals surface area contributed by atoms with E-state index in [-0.39, 0.29) is 0 Å². The number of benzene rings is 2. The maximum Gasteiger partial charge on any atom is 0.216 e. The van der Waals surface area contributed by atoms with E-state index in [1.807, 2.05) is 0 Å². The highest BCUT2D eigenvalue weighted by Crippen LogP contribution is 2.47. The van der Waals surface area contributed by atoms with Crippen LogP contribution in [0.2, 0.25) is 0 Å². The number of rotatable bonds is 1. The van der Waals surface area contributed by atoms with E-state index >= 15 is 0 Å². The van der Waals surface area contributed by atoms with Gasteiger partial charge in [0, 0.05) is 40.9 Å². The number of hydrogen-bond acceptors (Lipinski definition) is 1. The van der Waals surface area contributed by atoms with Crippen LogP contribution in [0.5, 0.6) is 0 Å². The molecule has 152 valence electrons. The van der Waals surface area contributed by atoms with Crippen molar-refractivity contribution in [2.45, 2.75) is 40.5 Å². The van der Waals surface area contributed by atoms with Crippen molar-refractivity contribution in [2.75, 3.05) is 0 Å². The lowest BCUT2D eigenvalue weighted by Gasteiger charge is -2.12. The molecule has 0 saturated heterocycles. The second-order valence-corrected chi connectivity index (χ2v) is 9.41. The first-order valence-electron chi connectivity index (χ1n) is 11.1. The summed E-state index contributed by atoms with van der Waals surface area (Å²) < 4.78 is 2.30. The van der Waals surface area contributed by atoms with Crippen LogP contribution in [0.1, 0.15) is 44.5 Å². The van der Waals surface area contributed by atoms with Crippen molar-refractivity contribution in [1.82, 2.24) is 4.98 Å². The summed E-state index contributed by atoms with van der Waals surface area (Å²) in [6, 6.07) is 13.7. The predicted molar refractivity (Wildman–Crippen MR) is 126 cm³/mol.